The quantitative estimate of drug-likeness (QED) is 0.558. The van der Waals surface area contributed by atoms with E-state index in [1.165, 1.54) is 0 Å². The van der Waals surface area contributed by atoms with Gasteiger partial charge in [-0.15, -0.1) is 0 Å². The van der Waals surface area contributed by atoms with Crippen molar-refractivity contribution >= 4 is 38.8 Å². The fourth-order valence-corrected chi connectivity index (χ4v) is 2.38. The van der Waals surface area contributed by atoms with E-state index in [2.05, 4.69) is 28.2 Å². The smallest absolute Gasteiger partial charge is 0.161 e. The number of nitrogens with two attached hydrogens (primary N) is 1. The highest BCUT2D eigenvalue weighted by Crippen LogP contribution is 2.27. The van der Waals surface area contributed by atoms with E-state index in [-0.39, 0.29) is 10.8 Å². The predicted octanol–water partition coefficient (Wildman–Crippen LogP) is 3.45. The zero-order valence-corrected chi connectivity index (χ0v) is 13.2. The number of ether oxygens (including phenoxy) is 1. The van der Waals surface area contributed by atoms with Crippen molar-refractivity contribution in [2.45, 2.75) is 19.8 Å². The molecule has 0 radical (unpaired) electrons. The van der Waals surface area contributed by atoms with Crippen molar-refractivity contribution in [2.75, 3.05) is 25.1 Å². The van der Waals surface area contributed by atoms with E-state index in [1.807, 2.05) is 0 Å². The lowest BCUT2D eigenvalue weighted by atomic mass is 10.2. The average molecular weight is 349 g/mol. The van der Waals surface area contributed by atoms with E-state index in [0.717, 1.165) is 19.4 Å². The van der Waals surface area contributed by atoms with Crippen molar-refractivity contribution in [3.05, 3.63) is 28.0 Å². The molecule has 3 nitrogen and oxygen atoms in total. The van der Waals surface area contributed by atoms with Gasteiger partial charge in [-0.05, 0) is 40.9 Å². The van der Waals surface area contributed by atoms with Gasteiger partial charge in [0.05, 0.1) is 10.2 Å². The molecule has 0 unspecified atom stereocenters. The summed E-state index contributed by atoms with van der Waals surface area (Å²) in [5.41, 5.74) is 6.44. The number of hydrogen-bond acceptors (Lipinski definition) is 3. The van der Waals surface area contributed by atoms with E-state index in [9.17, 15) is 4.39 Å². The maximum absolute atomic E-state index is 14.0. The van der Waals surface area contributed by atoms with Crippen molar-refractivity contribution in [3.8, 4) is 0 Å². The molecule has 1 aromatic rings. The molecule has 0 atom stereocenters. The number of anilines is 1. The van der Waals surface area contributed by atoms with Gasteiger partial charge < -0.3 is 15.8 Å². The molecule has 0 aliphatic heterocycles. The highest BCUT2D eigenvalue weighted by molar-refractivity contribution is 9.10. The molecule has 0 saturated heterocycles. The third-order valence-corrected chi connectivity index (χ3v) is 3.47. The van der Waals surface area contributed by atoms with Crippen LogP contribution in [0.25, 0.3) is 0 Å². The highest BCUT2D eigenvalue weighted by atomic mass is 79.9. The first-order valence-electron chi connectivity index (χ1n) is 6.17. The van der Waals surface area contributed by atoms with Crippen LogP contribution < -0.4 is 11.1 Å². The first-order chi connectivity index (χ1) is 9.07. The van der Waals surface area contributed by atoms with Gasteiger partial charge in [-0.25, -0.2) is 4.39 Å². The van der Waals surface area contributed by atoms with Crippen LogP contribution in [0.4, 0.5) is 10.1 Å². The number of nitrogens with one attached hydrogen (secondary N) is 1. The van der Waals surface area contributed by atoms with Crippen molar-refractivity contribution in [1.29, 1.82) is 0 Å². The lowest BCUT2D eigenvalue weighted by Gasteiger charge is -2.11. The number of benzene rings is 1. The molecule has 0 heterocycles. The van der Waals surface area contributed by atoms with Gasteiger partial charge in [-0.2, -0.15) is 0 Å². The first-order valence-corrected chi connectivity index (χ1v) is 7.37. The second-order valence-electron chi connectivity index (χ2n) is 4.05. The highest BCUT2D eigenvalue weighted by Gasteiger charge is 2.12. The lowest BCUT2D eigenvalue weighted by molar-refractivity contribution is 0.134. The van der Waals surface area contributed by atoms with Crippen LogP contribution in [0.2, 0.25) is 0 Å². The first kappa shape index (κ1) is 16.3. The lowest BCUT2D eigenvalue weighted by Crippen LogP contribution is -2.12. The zero-order chi connectivity index (χ0) is 14.3. The summed E-state index contributed by atoms with van der Waals surface area (Å²) in [5, 5.41) is 3.03. The maximum atomic E-state index is 14.0. The van der Waals surface area contributed by atoms with Crippen LogP contribution in [-0.4, -0.2) is 24.7 Å². The summed E-state index contributed by atoms with van der Waals surface area (Å²) in [4.78, 5) is 0.172. The largest absolute Gasteiger partial charge is 0.389 e. The third kappa shape index (κ3) is 5.04. The Labute approximate surface area is 126 Å². The summed E-state index contributed by atoms with van der Waals surface area (Å²) in [5.74, 6) is -0.375. The van der Waals surface area contributed by atoms with Gasteiger partial charge >= 0.3 is 0 Å². The minimum absolute atomic E-state index is 0.172. The summed E-state index contributed by atoms with van der Waals surface area (Å²) in [7, 11) is 0. The molecule has 0 saturated carbocycles. The minimum Gasteiger partial charge on any atom is -0.389 e. The molecule has 0 aliphatic rings. The Morgan fingerprint density at radius 2 is 2.21 bits per heavy atom. The Morgan fingerprint density at radius 3 is 2.84 bits per heavy atom. The summed E-state index contributed by atoms with van der Waals surface area (Å²) in [6.45, 7) is 4.16. The van der Waals surface area contributed by atoms with Gasteiger partial charge in [0.15, 0.2) is 5.82 Å². The van der Waals surface area contributed by atoms with Crippen LogP contribution >= 0.6 is 28.1 Å². The molecule has 0 amide bonds. The average Bonchev–Trinajstić information content (AvgIpc) is 2.38. The van der Waals surface area contributed by atoms with Crippen LogP contribution in [0, 0.1) is 5.82 Å². The summed E-state index contributed by atoms with van der Waals surface area (Å²) in [6, 6.07) is 3.34. The standard InChI is InChI=1S/C13H18BrFN2OS/c1-2-7-18-8-3-6-17-10-5-4-9(13(16)19)11(14)12(10)15/h4-5,17H,2-3,6-8H2,1H3,(H2,16,19). The second-order valence-corrected chi connectivity index (χ2v) is 5.28. The molecule has 19 heavy (non-hydrogen) atoms. The summed E-state index contributed by atoms with van der Waals surface area (Å²) >= 11 is 8.01. The number of thiocarbonyl (C=S) groups is 1. The molecule has 1 aromatic carbocycles. The monoisotopic (exact) mass is 348 g/mol. The van der Waals surface area contributed by atoms with Crippen LogP contribution in [0.5, 0.6) is 0 Å². The second kappa shape index (κ2) is 8.45. The molecule has 0 fully saturated rings. The molecular weight excluding hydrogens is 331 g/mol. The third-order valence-electron chi connectivity index (χ3n) is 2.48. The van der Waals surface area contributed by atoms with Gasteiger partial charge in [0, 0.05) is 25.3 Å². The number of hydrogen-bond donors (Lipinski definition) is 2. The van der Waals surface area contributed by atoms with Gasteiger partial charge in [0.25, 0.3) is 0 Å². The van der Waals surface area contributed by atoms with Crippen LogP contribution in [0.15, 0.2) is 16.6 Å². The van der Waals surface area contributed by atoms with Crippen molar-refractivity contribution in [2.24, 2.45) is 5.73 Å². The molecular formula is C13H18BrFN2OS. The maximum Gasteiger partial charge on any atom is 0.161 e. The van der Waals surface area contributed by atoms with Crippen molar-refractivity contribution in [3.63, 3.8) is 0 Å². The van der Waals surface area contributed by atoms with Crippen molar-refractivity contribution < 1.29 is 9.13 Å². The van der Waals surface area contributed by atoms with Gasteiger partial charge in [0.2, 0.25) is 0 Å². The van der Waals surface area contributed by atoms with Crippen LogP contribution in [0.1, 0.15) is 25.3 Å². The molecule has 1 rings (SSSR count). The molecule has 3 N–H and O–H groups in total. The molecule has 0 aromatic heterocycles. The van der Waals surface area contributed by atoms with Gasteiger partial charge in [-0.1, -0.05) is 19.1 Å². The van der Waals surface area contributed by atoms with E-state index >= 15 is 0 Å². The normalized spacial score (nSPS) is 10.5. The fraction of sp³-hybridized carbons (Fsp3) is 0.462. The van der Waals surface area contributed by atoms with Gasteiger partial charge in [-0.3, -0.25) is 0 Å². The molecule has 0 spiro atoms. The van der Waals surface area contributed by atoms with Crippen LogP contribution in [-0.2, 0) is 4.74 Å². The van der Waals surface area contributed by atoms with E-state index in [4.69, 9.17) is 22.7 Å². The fourth-order valence-electron chi connectivity index (χ4n) is 1.52. The van der Waals surface area contributed by atoms with Crippen molar-refractivity contribution in [1.82, 2.24) is 0 Å². The Balaban J connectivity index is 2.51. The molecule has 6 heteroatoms. The molecule has 106 valence electrons. The Morgan fingerprint density at radius 1 is 1.47 bits per heavy atom. The number of rotatable bonds is 8. The van der Waals surface area contributed by atoms with E-state index in [0.29, 0.717) is 28.9 Å². The Hall–Kier alpha value is -0.720. The number of halogens is 2. The molecule has 0 bridgehead atoms. The Kier molecular flexibility index (Phi) is 7.27. The topological polar surface area (TPSA) is 47.3 Å². The van der Waals surface area contributed by atoms with Crippen LogP contribution in [0.3, 0.4) is 0 Å². The summed E-state index contributed by atoms with van der Waals surface area (Å²) < 4.78 is 19.6. The summed E-state index contributed by atoms with van der Waals surface area (Å²) in [6.07, 6.45) is 1.84. The predicted molar refractivity (Wildman–Crippen MR) is 84.2 cm³/mol. The molecule has 0 aliphatic carbocycles. The zero-order valence-electron chi connectivity index (χ0n) is 10.8. The SMILES string of the molecule is CCCOCCCNc1ccc(C(N)=S)c(Br)c1F. The Bertz CT molecular complexity index is 443. The van der Waals surface area contributed by atoms with E-state index < -0.39 is 0 Å². The van der Waals surface area contributed by atoms with Gasteiger partial charge in [0.1, 0.15) is 4.99 Å². The van der Waals surface area contributed by atoms with E-state index in [1.54, 1.807) is 12.1 Å². The minimum atomic E-state index is -0.375.